The lowest BCUT2D eigenvalue weighted by Crippen LogP contribution is -2.28. The lowest BCUT2D eigenvalue weighted by molar-refractivity contribution is 0.248. The zero-order valence-electron chi connectivity index (χ0n) is 15.0. The van der Waals surface area contributed by atoms with E-state index in [4.69, 9.17) is 10.5 Å². The minimum Gasteiger partial charge on any atom is -0.491 e. The van der Waals surface area contributed by atoms with Crippen LogP contribution in [0.4, 0.5) is 20.4 Å². The van der Waals surface area contributed by atoms with Crippen LogP contribution in [0, 0.1) is 12.8 Å². The highest BCUT2D eigenvalue weighted by Crippen LogP contribution is 2.26. The van der Waals surface area contributed by atoms with Gasteiger partial charge in [-0.2, -0.15) is 0 Å². The largest absolute Gasteiger partial charge is 0.491 e. The first-order chi connectivity index (χ1) is 12.3. The number of aryl methyl sites for hydroxylation is 1. The van der Waals surface area contributed by atoms with E-state index >= 15 is 0 Å². The normalized spacial score (nSPS) is 10.5. The van der Waals surface area contributed by atoms with Crippen LogP contribution in [0.1, 0.15) is 25.1 Å². The minimum absolute atomic E-state index is 0.209. The molecule has 0 atom stereocenters. The molecular formula is C17H23N5O3S. The molecule has 0 spiro atoms. The number of carbonyl (C=O) groups excluding carboxylic acids is 2. The second-order valence-electron chi connectivity index (χ2n) is 6.15. The lowest BCUT2D eigenvalue weighted by atomic mass is 10.2. The van der Waals surface area contributed by atoms with Crippen LogP contribution >= 0.6 is 11.3 Å². The van der Waals surface area contributed by atoms with Gasteiger partial charge in [0.05, 0.1) is 24.5 Å². The molecule has 0 aliphatic carbocycles. The third-order valence-corrected chi connectivity index (χ3v) is 3.98. The third-order valence-electron chi connectivity index (χ3n) is 3.17. The van der Waals surface area contributed by atoms with Crippen molar-refractivity contribution in [1.29, 1.82) is 0 Å². The molecule has 0 radical (unpaired) electrons. The number of aromatic nitrogens is 1. The molecule has 0 aliphatic heterocycles. The Labute approximate surface area is 156 Å². The van der Waals surface area contributed by atoms with Gasteiger partial charge in [0.15, 0.2) is 5.13 Å². The van der Waals surface area contributed by atoms with Crippen LogP contribution in [0.3, 0.4) is 0 Å². The van der Waals surface area contributed by atoms with Gasteiger partial charge in [-0.25, -0.2) is 14.6 Å². The number of thiazole rings is 1. The van der Waals surface area contributed by atoms with E-state index in [0.717, 1.165) is 5.56 Å². The van der Waals surface area contributed by atoms with Gasteiger partial charge < -0.3 is 21.1 Å². The first-order valence-corrected chi connectivity index (χ1v) is 9.00. The molecule has 1 heterocycles. The fraction of sp³-hybridized carbons (Fsp3) is 0.353. The van der Waals surface area contributed by atoms with E-state index in [1.54, 1.807) is 11.4 Å². The van der Waals surface area contributed by atoms with E-state index in [0.29, 0.717) is 34.8 Å². The van der Waals surface area contributed by atoms with Gasteiger partial charge in [0.1, 0.15) is 5.75 Å². The number of nitrogens with two attached hydrogens (primary N) is 1. The number of nitrogens with one attached hydrogen (secondary N) is 3. The van der Waals surface area contributed by atoms with Crippen LogP contribution in [-0.2, 0) is 6.54 Å². The van der Waals surface area contributed by atoms with E-state index in [2.05, 4.69) is 34.8 Å². The van der Waals surface area contributed by atoms with E-state index in [1.807, 2.05) is 19.1 Å². The van der Waals surface area contributed by atoms with Crippen LogP contribution < -0.4 is 26.4 Å². The van der Waals surface area contributed by atoms with Crippen LogP contribution in [0.5, 0.6) is 5.75 Å². The zero-order valence-corrected chi connectivity index (χ0v) is 15.8. The number of nitrogens with zero attached hydrogens (tertiary/aromatic N) is 1. The maximum absolute atomic E-state index is 12.2. The smallest absolute Gasteiger partial charge is 0.325 e. The molecule has 0 saturated heterocycles. The highest BCUT2D eigenvalue weighted by molar-refractivity contribution is 7.13. The quantitative estimate of drug-likeness (QED) is 0.592. The summed E-state index contributed by atoms with van der Waals surface area (Å²) in [7, 11) is 0. The van der Waals surface area contributed by atoms with Crippen molar-refractivity contribution in [2.45, 2.75) is 27.3 Å². The minimum atomic E-state index is -0.626. The Morgan fingerprint density at radius 1 is 1.31 bits per heavy atom. The monoisotopic (exact) mass is 377 g/mol. The summed E-state index contributed by atoms with van der Waals surface area (Å²) in [4.78, 5) is 27.1. The van der Waals surface area contributed by atoms with Crippen molar-refractivity contribution >= 4 is 34.2 Å². The molecule has 0 bridgehead atoms. The molecule has 5 N–H and O–H groups in total. The first-order valence-electron chi connectivity index (χ1n) is 8.12. The number of urea groups is 2. The fourth-order valence-corrected chi connectivity index (χ4v) is 2.69. The van der Waals surface area contributed by atoms with Gasteiger partial charge in [-0.05, 0) is 30.5 Å². The van der Waals surface area contributed by atoms with Crippen LogP contribution in [-0.4, -0.2) is 23.7 Å². The highest BCUT2D eigenvalue weighted by Gasteiger charge is 2.11. The molecule has 0 saturated carbocycles. The first kappa shape index (κ1) is 19.5. The lowest BCUT2D eigenvalue weighted by Gasteiger charge is -2.14. The number of hydrogen-bond acceptors (Lipinski definition) is 5. The van der Waals surface area contributed by atoms with Crippen LogP contribution in [0.15, 0.2) is 23.6 Å². The number of hydrogen-bond donors (Lipinski definition) is 4. The summed E-state index contributed by atoms with van der Waals surface area (Å²) < 4.78 is 5.78. The number of benzene rings is 1. The van der Waals surface area contributed by atoms with Gasteiger partial charge in [0, 0.05) is 5.38 Å². The van der Waals surface area contributed by atoms with Crippen molar-refractivity contribution < 1.29 is 14.3 Å². The molecule has 2 aromatic rings. The molecule has 2 rings (SSSR count). The Hall–Kier alpha value is -2.81. The molecule has 0 unspecified atom stereocenters. The van der Waals surface area contributed by atoms with Crippen molar-refractivity contribution in [3.8, 4) is 5.75 Å². The summed E-state index contributed by atoms with van der Waals surface area (Å²) in [6.07, 6.45) is 0. The number of amides is 4. The van der Waals surface area contributed by atoms with E-state index in [9.17, 15) is 9.59 Å². The van der Waals surface area contributed by atoms with Gasteiger partial charge in [0.2, 0.25) is 0 Å². The van der Waals surface area contributed by atoms with Crippen LogP contribution in [0.2, 0.25) is 0 Å². The topological polar surface area (TPSA) is 118 Å². The van der Waals surface area contributed by atoms with E-state index in [1.165, 1.54) is 11.3 Å². The van der Waals surface area contributed by atoms with Crippen molar-refractivity contribution in [2.75, 3.05) is 17.2 Å². The maximum atomic E-state index is 12.2. The van der Waals surface area contributed by atoms with Gasteiger partial charge in [-0.3, -0.25) is 5.32 Å². The summed E-state index contributed by atoms with van der Waals surface area (Å²) in [5, 5.41) is 10.0. The maximum Gasteiger partial charge on any atom is 0.325 e. The van der Waals surface area contributed by atoms with E-state index in [-0.39, 0.29) is 6.54 Å². The molecule has 4 amide bonds. The predicted molar refractivity (Wildman–Crippen MR) is 103 cm³/mol. The Kier molecular flexibility index (Phi) is 6.79. The Balaban J connectivity index is 1.98. The summed E-state index contributed by atoms with van der Waals surface area (Å²) in [5.74, 6) is 0.999. The summed E-state index contributed by atoms with van der Waals surface area (Å²) in [6.45, 7) is 6.84. The third kappa shape index (κ3) is 6.25. The van der Waals surface area contributed by atoms with Gasteiger partial charge >= 0.3 is 12.1 Å². The molecule has 0 aliphatic rings. The summed E-state index contributed by atoms with van der Waals surface area (Å²) in [6, 6.07) is 4.53. The number of ether oxygens (including phenoxy) is 1. The Bertz CT molecular complexity index is 776. The number of rotatable bonds is 7. The molecule has 9 heteroatoms. The summed E-state index contributed by atoms with van der Waals surface area (Å²) >= 11 is 1.25. The van der Waals surface area contributed by atoms with Gasteiger partial charge in [-0.1, -0.05) is 19.9 Å². The molecule has 1 aromatic carbocycles. The Morgan fingerprint density at radius 2 is 2.08 bits per heavy atom. The predicted octanol–water partition coefficient (Wildman–Crippen LogP) is 3.30. The number of primary amides is 1. The molecule has 140 valence electrons. The van der Waals surface area contributed by atoms with Gasteiger partial charge in [-0.15, -0.1) is 11.3 Å². The molecule has 0 fully saturated rings. The molecule has 8 nitrogen and oxygen atoms in total. The van der Waals surface area contributed by atoms with Crippen molar-refractivity contribution in [2.24, 2.45) is 11.7 Å². The zero-order chi connectivity index (χ0) is 19.1. The van der Waals surface area contributed by atoms with Gasteiger partial charge in [0.25, 0.3) is 0 Å². The van der Waals surface area contributed by atoms with Crippen molar-refractivity contribution in [1.82, 2.24) is 10.3 Å². The molecular weight excluding hydrogens is 354 g/mol. The SMILES string of the molecule is Cc1ccc(NC(=O)Nc2nc(CNC(N)=O)cs2)c(OCC(C)C)c1. The van der Waals surface area contributed by atoms with E-state index < -0.39 is 12.1 Å². The average molecular weight is 377 g/mol. The molecule has 1 aromatic heterocycles. The standard InChI is InChI=1S/C17H23N5O3S/c1-10(2)8-25-14-6-11(3)4-5-13(14)21-16(24)22-17-20-12(9-26-17)7-19-15(18)23/h4-6,9-10H,7-8H2,1-3H3,(H3,18,19,23)(H2,20,21,22,24). The highest BCUT2D eigenvalue weighted by atomic mass is 32.1. The second kappa shape index (κ2) is 9.04. The van der Waals surface area contributed by atoms with Crippen molar-refractivity contribution in [3.63, 3.8) is 0 Å². The van der Waals surface area contributed by atoms with Crippen molar-refractivity contribution in [3.05, 3.63) is 34.8 Å². The van der Waals surface area contributed by atoms with Crippen LogP contribution in [0.25, 0.3) is 0 Å². The average Bonchev–Trinajstić information content (AvgIpc) is 3.00. The fourth-order valence-electron chi connectivity index (χ4n) is 1.98. The number of anilines is 2. The second-order valence-corrected chi connectivity index (χ2v) is 7.00. The summed E-state index contributed by atoms with van der Waals surface area (Å²) in [5.41, 5.74) is 7.25. The number of carbonyl (C=O) groups is 2. The Morgan fingerprint density at radius 3 is 2.77 bits per heavy atom. The molecule has 26 heavy (non-hydrogen) atoms.